The second kappa shape index (κ2) is 10.7. The van der Waals surface area contributed by atoms with E-state index in [1.807, 2.05) is 57.2 Å². The number of anilines is 1. The van der Waals surface area contributed by atoms with Crippen LogP contribution >= 0.6 is 0 Å². The van der Waals surface area contributed by atoms with Crippen molar-refractivity contribution < 1.29 is 17.9 Å². The molecule has 0 saturated heterocycles. The van der Waals surface area contributed by atoms with Crippen molar-refractivity contribution in [2.75, 3.05) is 17.6 Å². The number of amides is 1. The Hall–Kier alpha value is -3.32. The van der Waals surface area contributed by atoms with Crippen molar-refractivity contribution >= 4 is 21.6 Å². The van der Waals surface area contributed by atoms with Crippen LogP contribution in [0.2, 0.25) is 0 Å². The Morgan fingerprint density at radius 1 is 1.00 bits per heavy atom. The summed E-state index contributed by atoms with van der Waals surface area (Å²) in [7, 11) is -1.86. The van der Waals surface area contributed by atoms with E-state index in [1.165, 1.54) is 16.9 Å². The Balaban J connectivity index is 1.81. The molecule has 0 bridgehead atoms. The highest BCUT2D eigenvalue weighted by Gasteiger charge is 2.25. The number of carbonyl (C=O) groups excluding carboxylic acids is 1. The molecular formula is C27H32N2O4S. The molecule has 7 heteroatoms. The van der Waals surface area contributed by atoms with E-state index < -0.39 is 16.1 Å². The van der Waals surface area contributed by atoms with Gasteiger partial charge in [0.1, 0.15) is 5.75 Å². The van der Waals surface area contributed by atoms with Gasteiger partial charge < -0.3 is 10.1 Å². The van der Waals surface area contributed by atoms with Crippen LogP contribution in [-0.4, -0.2) is 33.7 Å². The number of sulfonamides is 1. The maximum absolute atomic E-state index is 13.3. The van der Waals surface area contributed by atoms with Crippen LogP contribution in [-0.2, 0) is 14.8 Å². The molecule has 2 atom stereocenters. The Morgan fingerprint density at radius 2 is 1.65 bits per heavy atom. The maximum atomic E-state index is 13.3. The molecule has 0 aliphatic rings. The van der Waals surface area contributed by atoms with E-state index in [9.17, 15) is 13.2 Å². The molecule has 3 aromatic rings. The predicted octanol–water partition coefficient (Wildman–Crippen LogP) is 4.76. The minimum absolute atomic E-state index is 0.214. The lowest BCUT2D eigenvalue weighted by molar-refractivity contribution is -0.128. The van der Waals surface area contributed by atoms with Gasteiger partial charge in [-0.25, -0.2) is 8.42 Å². The summed E-state index contributed by atoms with van der Waals surface area (Å²) in [6.07, 6.45) is 0.925. The summed E-state index contributed by atoms with van der Waals surface area (Å²) < 4.78 is 30.7. The van der Waals surface area contributed by atoms with Gasteiger partial charge in [-0.15, -0.1) is 0 Å². The lowest BCUT2D eigenvalue weighted by Crippen LogP contribution is -2.40. The summed E-state index contributed by atoms with van der Waals surface area (Å²) in [6, 6.07) is 22.4. The number of carbonyl (C=O) groups is 1. The monoisotopic (exact) mass is 480 g/mol. The Labute approximate surface area is 202 Å². The number of rotatable bonds is 9. The van der Waals surface area contributed by atoms with E-state index >= 15 is 0 Å². The molecule has 1 amide bonds. The molecule has 0 aromatic heterocycles. The summed E-state index contributed by atoms with van der Waals surface area (Å²) in [5.74, 6) is 0.282. The zero-order valence-electron chi connectivity index (χ0n) is 20.3. The van der Waals surface area contributed by atoms with Crippen molar-refractivity contribution in [2.24, 2.45) is 0 Å². The van der Waals surface area contributed by atoms with Crippen molar-refractivity contribution in [3.05, 3.63) is 95.1 Å². The molecule has 6 nitrogen and oxygen atoms in total. The first kappa shape index (κ1) is 25.3. The molecule has 0 unspecified atom stereocenters. The van der Waals surface area contributed by atoms with Crippen LogP contribution in [0.3, 0.4) is 0 Å². The predicted molar refractivity (Wildman–Crippen MR) is 137 cm³/mol. The van der Waals surface area contributed by atoms with Gasteiger partial charge in [0.05, 0.1) is 18.0 Å². The summed E-state index contributed by atoms with van der Waals surface area (Å²) in [5, 5.41) is 3.18. The number of benzene rings is 3. The lowest BCUT2D eigenvalue weighted by Gasteiger charge is -2.25. The van der Waals surface area contributed by atoms with E-state index in [-0.39, 0.29) is 11.9 Å². The minimum Gasteiger partial charge on any atom is -0.481 e. The Bertz CT molecular complexity index is 1230. The number of nitrogens with zero attached hydrogens (tertiary/aromatic N) is 1. The Kier molecular flexibility index (Phi) is 7.99. The molecule has 0 radical (unpaired) electrons. The van der Waals surface area contributed by atoms with Crippen LogP contribution in [0.5, 0.6) is 5.75 Å². The molecule has 0 heterocycles. The smallest absolute Gasteiger partial charge is 0.261 e. The van der Waals surface area contributed by atoms with Gasteiger partial charge in [0.2, 0.25) is 10.0 Å². The van der Waals surface area contributed by atoms with Crippen molar-refractivity contribution in [1.29, 1.82) is 0 Å². The first-order chi connectivity index (χ1) is 16.1. The average molecular weight is 481 g/mol. The molecule has 3 aromatic carbocycles. The summed E-state index contributed by atoms with van der Waals surface area (Å²) >= 11 is 0. The van der Waals surface area contributed by atoms with Gasteiger partial charge in [0.15, 0.2) is 6.10 Å². The highest BCUT2D eigenvalue weighted by molar-refractivity contribution is 7.92. The molecule has 0 fully saturated rings. The van der Waals surface area contributed by atoms with Gasteiger partial charge in [-0.3, -0.25) is 9.10 Å². The normalized spacial score (nSPS) is 13.1. The zero-order valence-corrected chi connectivity index (χ0v) is 21.1. The van der Waals surface area contributed by atoms with Gasteiger partial charge in [0, 0.05) is 7.05 Å². The van der Waals surface area contributed by atoms with Crippen LogP contribution < -0.4 is 14.4 Å². The molecule has 34 heavy (non-hydrogen) atoms. The lowest BCUT2D eigenvalue weighted by atomic mass is 9.93. The second-order valence-corrected chi connectivity index (χ2v) is 10.5. The van der Waals surface area contributed by atoms with E-state index in [0.29, 0.717) is 17.9 Å². The number of aryl methyl sites for hydroxylation is 2. The van der Waals surface area contributed by atoms with E-state index in [2.05, 4.69) is 17.4 Å². The van der Waals surface area contributed by atoms with Crippen molar-refractivity contribution in [3.8, 4) is 5.75 Å². The third-order valence-electron chi connectivity index (χ3n) is 5.80. The molecule has 180 valence electrons. The third kappa shape index (κ3) is 6.17. The van der Waals surface area contributed by atoms with E-state index in [1.54, 1.807) is 24.3 Å². The molecule has 0 saturated carbocycles. The summed E-state index contributed by atoms with van der Waals surface area (Å²) in [6.45, 7) is 5.99. The fraction of sp³-hybridized carbons (Fsp3) is 0.296. The summed E-state index contributed by atoms with van der Waals surface area (Å²) in [5.41, 5.74) is 4.82. The first-order valence-electron chi connectivity index (χ1n) is 11.2. The van der Waals surface area contributed by atoms with Gasteiger partial charge in [-0.1, -0.05) is 61.0 Å². The highest BCUT2D eigenvalue weighted by Crippen LogP contribution is 2.27. The highest BCUT2D eigenvalue weighted by atomic mass is 32.2. The van der Waals surface area contributed by atoms with Gasteiger partial charge in [-0.05, 0) is 61.2 Å². The SMILES string of the molecule is CC[C@@H](Oc1ccc(N(C)S(C)(=O)=O)cc1)C(=O)N[C@H](c1ccccc1)c1ccc(C)cc1C. The van der Waals surface area contributed by atoms with Crippen LogP contribution in [0.1, 0.15) is 41.6 Å². The fourth-order valence-electron chi connectivity index (χ4n) is 3.78. The second-order valence-electron chi connectivity index (χ2n) is 8.45. The number of ether oxygens (including phenoxy) is 1. The molecular weight excluding hydrogens is 448 g/mol. The average Bonchev–Trinajstić information content (AvgIpc) is 2.81. The largest absolute Gasteiger partial charge is 0.481 e. The van der Waals surface area contributed by atoms with Crippen LogP contribution in [0, 0.1) is 13.8 Å². The van der Waals surface area contributed by atoms with Crippen molar-refractivity contribution in [2.45, 2.75) is 39.3 Å². The Morgan fingerprint density at radius 3 is 2.21 bits per heavy atom. The van der Waals surface area contributed by atoms with Crippen LogP contribution in [0.4, 0.5) is 5.69 Å². The van der Waals surface area contributed by atoms with Crippen LogP contribution in [0.15, 0.2) is 72.8 Å². The van der Waals surface area contributed by atoms with Gasteiger partial charge in [0.25, 0.3) is 5.91 Å². The molecule has 0 aliphatic carbocycles. The first-order valence-corrected chi connectivity index (χ1v) is 13.1. The standard InChI is InChI=1S/C27H32N2O4S/c1-6-25(33-23-15-13-22(14-16-23)29(4)34(5,31)32)27(30)28-26(21-10-8-7-9-11-21)24-17-12-19(2)18-20(24)3/h7-18,25-26H,6H2,1-5H3,(H,28,30)/t25-,26-/m1/s1. The number of hydrogen-bond donors (Lipinski definition) is 1. The number of nitrogens with one attached hydrogen (secondary N) is 1. The van der Waals surface area contributed by atoms with Crippen LogP contribution in [0.25, 0.3) is 0 Å². The molecule has 1 N–H and O–H groups in total. The minimum atomic E-state index is -3.35. The topological polar surface area (TPSA) is 75.7 Å². The number of hydrogen-bond acceptors (Lipinski definition) is 4. The van der Waals surface area contributed by atoms with Crippen molar-refractivity contribution in [3.63, 3.8) is 0 Å². The van der Waals surface area contributed by atoms with Gasteiger partial charge in [-0.2, -0.15) is 0 Å². The zero-order chi connectivity index (χ0) is 24.9. The maximum Gasteiger partial charge on any atom is 0.261 e. The third-order valence-corrected chi connectivity index (χ3v) is 7.00. The quantitative estimate of drug-likeness (QED) is 0.479. The molecule has 0 spiro atoms. The van der Waals surface area contributed by atoms with Gasteiger partial charge >= 0.3 is 0 Å². The fourth-order valence-corrected chi connectivity index (χ4v) is 4.29. The molecule has 0 aliphatic heterocycles. The van der Waals surface area contributed by atoms with Crippen molar-refractivity contribution in [1.82, 2.24) is 5.32 Å². The molecule has 3 rings (SSSR count). The summed E-state index contributed by atoms with van der Waals surface area (Å²) in [4.78, 5) is 13.3. The van der Waals surface area contributed by atoms with E-state index in [0.717, 1.165) is 22.9 Å². The van der Waals surface area contributed by atoms with E-state index in [4.69, 9.17) is 4.74 Å².